The van der Waals surface area contributed by atoms with Crippen LogP contribution in [0, 0.1) is 0 Å². The maximum atomic E-state index is 5.37. The van der Waals surface area contributed by atoms with Crippen molar-refractivity contribution >= 4 is 23.2 Å². The Morgan fingerprint density at radius 2 is 1.75 bits per heavy atom. The highest BCUT2D eigenvalue weighted by Crippen LogP contribution is 2.33. The standard InChI is InChI=1S/C16H21NO2.ClH/c1-4-5-6-7-14-13-11-16(19-3)15(18-2)10-12(13)8-9-17-14;/h8-11H,4-7H2,1-3H3;1H. The molecule has 0 atom stereocenters. The summed E-state index contributed by atoms with van der Waals surface area (Å²) in [6.07, 6.45) is 6.53. The highest BCUT2D eigenvalue weighted by Gasteiger charge is 2.09. The van der Waals surface area contributed by atoms with Crippen molar-refractivity contribution in [1.82, 2.24) is 4.98 Å². The minimum absolute atomic E-state index is 0. The third kappa shape index (κ3) is 3.54. The zero-order valence-electron chi connectivity index (χ0n) is 12.3. The van der Waals surface area contributed by atoms with Gasteiger partial charge < -0.3 is 9.47 Å². The van der Waals surface area contributed by atoms with Crippen LogP contribution >= 0.6 is 12.4 Å². The van der Waals surface area contributed by atoms with Crippen molar-refractivity contribution in [3.8, 4) is 11.5 Å². The molecule has 0 saturated carbocycles. The van der Waals surface area contributed by atoms with E-state index in [1.54, 1.807) is 14.2 Å². The van der Waals surface area contributed by atoms with Crippen LogP contribution in [0.25, 0.3) is 10.8 Å². The monoisotopic (exact) mass is 295 g/mol. The molecular weight excluding hydrogens is 274 g/mol. The van der Waals surface area contributed by atoms with E-state index in [-0.39, 0.29) is 12.4 Å². The van der Waals surface area contributed by atoms with Gasteiger partial charge in [-0.3, -0.25) is 4.98 Å². The van der Waals surface area contributed by atoms with Gasteiger partial charge in [0.1, 0.15) is 0 Å². The Hall–Kier alpha value is -1.48. The van der Waals surface area contributed by atoms with Crippen molar-refractivity contribution in [2.24, 2.45) is 0 Å². The molecule has 110 valence electrons. The van der Waals surface area contributed by atoms with Gasteiger partial charge in [0, 0.05) is 17.3 Å². The molecule has 0 saturated heterocycles. The Bertz CT molecular complexity index is 557. The Kier molecular flexibility index (Phi) is 6.59. The van der Waals surface area contributed by atoms with Gasteiger partial charge in [-0.2, -0.15) is 0 Å². The molecule has 1 aromatic heterocycles. The summed E-state index contributed by atoms with van der Waals surface area (Å²) in [4.78, 5) is 4.51. The maximum absolute atomic E-state index is 5.37. The molecule has 2 rings (SSSR count). The largest absolute Gasteiger partial charge is 0.493 e. The number of benzene rings is 1. The normalized spacial score (nSPS) is 10.2. The molecule has 0 bridgehead atoms. The van der Waals surface area contributed by atoms with Crippen LogP contribution in [-0.2, 0) is 6.42 Å². The van der Waals surface area contributed by atoms with E-state index in [0.717, 1.165) is 34.4 Å². The molecule has 0 aliphatic heterocycles. The highest BCUT2D eigenvalue weighted by atomic mass is 35.5. The number of hydrogen-bond acceptors (Lipinski definition) is 3. The summed E-state index contributed by atoms with van der Waals surface area (Å²) in [5.74, 6) is 1.53. The quantitative estimate of drug-likeness (QED) is 0.740. The van der Waals surface area contributed by atoms with E-state index in [9.17, 15) is 0 Å². The Labute approximate surface area is 126 Å². The van der Waals surface area contributed by atoms with Crippen molar-refractivity contribution in [2.75, 3.05) is 14.2 Å². The average Bonchev–Trinajstić information content (AvgIpc) is 2.46. The first-order valence-corrected chi connectivity index (χ1v) is 6.79. The van der Waals surface area contributed by atoms with E-state index in [2.05, 4.69) is 11.9 Å². The lowest BCUT2D eigenvalue weighted by molar-refractivity contribution is 0.356. The van der Waals surface area contributed by atoms with E-state index in [0.29, 0.717) is 0 Å². The summed E-state index contributed by atoms with van der Waals surface area (Å²) in [7, 11) is 3.32. The number of nitrogens with zero attached hydrogens (tertiary/aromatic N) is 1. The van der Waals surface area contributed by atoms with Gasteiger partial charge in [0.15, 0.2) is 11.5 Å². The van der Waals surface area contributed by atoms with Crippen LogP contribution in [0.1, 0.15) is 31.9 Å². The van der Waals surface area contributed by atoms with Gasteiger partial charge in [0.2, 0.25) is 0 Å². The van der Waals surface area contributed by atoms with Gasteiger partial charge in [-0.05, 0) is 36.4 Å². The average molecular weight is 296 g/mol. The number of methoxy groups -OCH3 is 2. The predicted molar refractivity (Wildman–Crippen MR) is 85.3 cm³/mol. The molecule has 0 aliphatic carbocycles. The van der Waals surface area contributed by atoms with Gasteiger partial charge in [-0.15, -0.1) is 12.4 Å². The van der Waals surface area contributed by atoms with E-state index >= 15 is 0 Å². The van der Waals surface area contributed by atoms with E-state index < -0.39 is 0 Å². The zero-order chi connectivity index (χ0) is 13.7. The minimum Gasteiger partial charge on any atom is -0.493 e. The maximum Gasteiger partial charge on any atom is 0.161 e. The van der Waals surface area contributed by atoms with Crippen LogP contribution in [0.2, 0.25) is 0 Å². The fourth-order valence-electron chi connectivity index (χ4n) is 2.30. The number of hydrogen-bond donors (Lipinski definition) is 0. The lowest BCUT2D eigenvalue weighted by atomic mass is 10.0. The summed E-state index contributed by atoms with van der Waals surface area (Å²) in [5, 5.41) is 2.32. The van der Waals surface area contributed by atoms with Gasteiger partial charge in [-0.25, -0.2) is 0 Å². The molecule has 1 aromatic carbocycles. The van der Waals surface area contributed by atoms with Crippen molar-refractivity contribution in [3.05, 3.63) is 30.1 Å². The molecule has 3 nitrogen and oxygen atoms in total. The molecule has 0 fully saturated rings. The fraction of sp³-hybridized carbons (Fsp3) is 0.438. The number of fused-ring (bicyclic) bond motifs is 1. The van der Waals surface area contributed by atoms with Crippen LogP contribution in [-0.4, -0.2) is 19.2 Å². The number of halogens is 1. The van der Waals surface area contributed by atoms with Crippen molar-refractivity contribution < 1.29 is 9.47 Å². The lowest BCUT2D eigenvalue weighted by Crippen LogP contribution is -1.95. The first-order valence-electron chi connectivity index (χ1n) is 6.79. The third-order valence-electron chi connectivity index (χ3n) is 3.37. The first kappa shape index (κ1) is 16.6. The number of pyridine rings is 1. The van der Waals surface area contributed by atoms with Crippen LogP contribution in [0.3, 0.4) is 0 Å². The van der Waals surface area contributed by atoms with Gasteiger partial charge in [0.25, 0.3) is 0 Å². The number of ether oxygens (including phenoxy) is 2. The summed E-state index contributed by atoms with van der Waals surface area (Å²) in [5.41, 5.74) is 1.15. The fourth-order valence-corrected chi connectivity index (χ4v) is 2.30. The van der Waals surface area contributed by atoms with Gasteiger partial charge in [-0.1, -0.05) is 19.8 Å². The first-order chi connectivity index (χ1) is 9.30. The third-order valence-corrected chi connectivity index (χ3v) is 3.37. The van der Waals surface area contributed by atoms with Gasteiger partial charge in [0.05, 0.1) is 14.2 Å². The molecule has 20 heavy (non-hydrogen) atoms. The topological polar surface area (TPSA) is 31.4 Å². The van der Waals surface area contributed by atoms with Crippen molar-refractivity contribution in [2.45, 2.75) is 32.6 Å². The smallest absolute Gasteiger partial charge is 0.161 e. The summed E-state index contributed by atoms with van der Waals surface area (Å²) >= 11 is 0. The Balaban J connectivity index is 0.00000200. The zero-order valence-corrected chi connectivity index (χ0v) is 13.1. The number of aromatic nitrogens is 1. The molecule has 0 aliphatic rings. The number of aryl methyl sites for hydroxylation is 1. The molecule has 2 aromatic rings. The van der Waals surface area contributed by atoms with Crippen LogP contribution < -0.4 is 9.47 Å². The number of rotatable bonds is 6. The molecule has 0 unspecified atom stereocenters. The lowest BCUT2D eigenvalue weighted by Gasteiger charge is -2.11. The summed E-state index contributed by atoms with van der Waals surface area (Å²) in [6.45, 7) is 2.21. The van der Waals surface area contributed by atoms with E-state index in [1.165, 1.54) is 19.3 Å². The molecule has 0 radical (unpaired) electrons. The van der Waals surface area contributed by atoms with Crippen LogP contribution in [0.4, 0.5) is 0 Å². The molecule has 1 heterocycles. The molecular formula is C16H22ClNO2. The van der Waals surface area contributed by atoms with E-state index in [1.807, 2.05) is 24.4 Å². The summed E-state index contributed by atoms with van der Waals surface area (Å²) in [6, 6.07) is 6.06. The predicted octanol–water partition coefficient (Wildman–Crippen LogP) is 4.41. The molecule has 4 heteroatoms. The Morgan fingerprint density at radius 1 is 1.05 bits per heavy atom. The summed E-state index contributed by atoms with van der Waals surface area (Å²) < 4.78 is 10.7. The van der Waals surface area contributed by atoms with Crippen molar-refractivity contribution in [1.29, 1.82) is 0 Å². The SMILES string of the molecule is CCCCCc1nccc2cc(OC)c(OC)cc12.Cl. The molecule has 0 N–H and O–H groups in total. The second kappa shape index (κ2) is 7.95. The number of unbranched alkanes of at least 4 members (excludes halogenated alkanes) is 2. The van der Waals surface area contributed by atoms with E-state index in [4.69, 9.17) is 9.47 Å². The van der Waals surface area contributed by atoms with Gasteiger partial charge >= 0.3 is 0 Å². The second-order valence-electron chi connectivity index (χ2n) is 4.64. The highest BCUT2D eigenvalue weighted by molar-refractivity contribution is 5.87. The Morgan fingerprint density at radius 3 is 2.40 bits per heavy atom. The van der Waals surface area contributed by atoms with Crippen LogP contribution in [0.15, 0.2) is 24.4 Å². The van der Waals surface area contributed by atoms with Crippen LogP contribution in [0.5, 0.6) is 11.5 Å². The minimum atomic E-state index is 0. The van der Waals surface area contributed by atoms with Crippen molar-refractivity contribution in [3.63, 3.8) is 0 Å². The molecule has 0 amide bonds. The molecule has 0 spiro atoms. The second-order valence-corrected chi connectivity index (χ2v) is 4.64.